The summed E-state index contributed by atoms with van der Waals surface area (Å²) in [4.78, 5) is 19.0. The van der Waals surface area contributed by atoms with E-state index in [-0.39, 0.29) is 11.8 Å². The van der Waals surface area contributed by atoms with Gasteiger partial charge in [-0.25, -0.2) is 14.8 Å². The number of pyridine rings is 1. The summed E-state index contributed by atoms with van der Waals surface area (Å²) in [6.07, 6.45) is 1.55. The number of hydrogen-bond donors (Lipinski definition) is 0. The molecule has 72 valence electrons. The summed E-state index contributed by atoms with van der Waals surface area (Å²) < 4.78 is 9.75. The van der Waals surface area contributed by atoms with Gasteiger partial charge in [-0.05, 0) is 12.1 Å². The van der Waals surface area contributed by atoms with Gasteiger partial charge in [-0.1, -0.05) is 6.07 Å². The Balaban J connectivity index is 2.03. The quantitative estimate of drug-likeness (QED) is 0.612. The Labute approximate surface area is 80.4 Å². The van der Waals surface area contributed by atoms with E-state index in [2.05, 4.69) is 9.98 Å². The average Bonchev–Trinajstić information content (AvgIpc) is 2.72. The predicted octanol–water partition coefficient (Wildman–Crippen LogP) is 0.625. The van der Waals surface area contributed by atoms with Crippen molar-refractivity contribution in [2.75, 3.05) is 13.2 Å². The van der Waals surface area contributed by atoms with Crippen LogP contribution in [-0.2, 0) is 9.47 Å². The maximum absolute atomic E-state index is 11.4. The molecule has 0 spiro atoms. The average molecular weight is 192 g/mol. The van der Waals surface area contributed by atoms with Crippen molar-refractivity contribution in [1.29, 1.82) is 0 Å². The first-order valence-electron chi connectivity index (χ1n) is 4.17. The van der Waals surface area contributed by atoms with Crippen molar-refractivity contribution in [3.8, 4) is 0 Å². The Kier molecular flexibility index (Phi) is 2.40. The Morgan fingerprint density at radius 3 is 3.07 bits per heavy atom. The lowest BCUT2D eigenvalue weighted by Gasteiger charge is -2.01. The normalized spacial score (nSPS) is 14.4. The van der Waals surface area contributed by atoms with Crippen molar-refractivity contribution in [3.63, 3.8) is 0 Å². The number of rotatable bonds is 1. The lowest BCUT2D eigenvalue weighted by atomic mass is 10.4. The summed E-state index contributed by atoms with van der Waals surface area (Å²) in [6, 6.07) is 5.00. The van der Waals surface area contributed by atoms with E-state index in [1.165, 1.54) is 6.20 Å². The summed E-state index contributed by atoms with van der Waals surface area (Å²) in [6.45, 7) is 0.996. The molecule has 0 N–H and O–H groups in total. The molecule has 1 aromatic heterocycles. The van der Waals surface area contributed by atoms with E-state index in [1.54, 1.807) is 18.2 Å². The van der Waals surface area contributed by atoms with Crippen molar-refractivity contribution >= 4 is 12.1 Å². The number of esters is 1. The van der Waals surface area contributed by atoms with Gasteiger partial charge in [-0.15, -0.1) is 0 Å². The lowest BCUT2D eigenvalue weighted by molar-refractivity contribution is 0.0647. The second-order valence-electron chi connectivity index (χ2n) is 2.60. The minimum atomic E-state index is -0.550. The van der Waals surface area contributed by atoms with Crippen LogP contribution in [0, 0.1) is 0 Å². The van der Waals surface area contributed by atoms with Crippen LogP contribution in [0.5, 0.6) is 0 Å². The summed E-state index contributed by atoms with van der Waals surface area (Å²) in [5, 5.41) is 0. The highest BCUT2D eigenvalue weighted by Crippen LogP contribution is 2.01. The maximum Gasteiger partial charge on any atom is 0.391 e. The van der Waals surface area contributed by atoms with E-state index >= 15 is 0 Å². The first-order chi connectivity index (χ1) is 6.86. The third-order valence-corrected chi connectivity index (χ3v) is 1.61. The topological polar surface area (TPSA) is 60.8 Å². The number of aliphatic imine (C=N–C) groups is 1. The van der Waals surface area contributed by atoms with Gasteiger partial charge in [-0.3, -0.25) is 0 Å². The van der Waals surface area contributed by atoms with E-state index in [1.807, 2.05) is 0 Å². The molecule has 0 aromatic carbocycles. The third kappa shape index (κ3) is 1.87. The molecule has 1 aliphatic rings. The molecular weight excluding hydrogens is 184 g/mol. The van der Waals surface area contributed by atoms with Gasteiger partial charge in [0.25, 0.3) is 0 Å². The highest BCUT2D eigenvalue weighted by atomic mass is 16.7. The molecule has 0 atom stereocenters. The number of carbonyl (C=O) groups excluding carboxylic acids is 1. The molecule has 2 rings (SSSR count). The van der Waals surface area contributed by atoms with Gasteiger partial charge in [0.1, 0.15) is 12.3 Å². The molecule has 0 bridgehead atoms. The highest BCUT2D eigenvalue weighted by molar-refractivity contribution is 5.94. The highest BCUT2D eigenvalue weighted by Gasteiger charge is 2.16. The van der Waals surface area contributed by atoms with Crippen molar-refractivity contribution in [3.05, 3.63) is 30.1 Å². The van der Waals surface area contributed by atoms with Crippen LogP contribution in [-0.4, -0.2) is 30.2 Å². The van der Waals surface area contributed by atoms with Crippen molar-refractivity contribution in [1.82, 2.24) is 4.98 Å². The summed E-state index contributed by atoms with van der Waals surface area (Å²) in [5.41, 5.74) is 0.241. The van der Waals surface area contributed by atoms with E-state index in [4.69, 9.17) is 9.47 Å². The molecule has 5 heteroatoms. The van der Waals surface area contributed by atoms with E-state index < -0.39 is 5.97 Å². The van der Waals surface area contributed by atoms with Crippen LogP contribution in [0.1, 0.15) is 10.5 Å². The SMILES string of the molecule is O=C(OC1=NCCO1)c1ccccn1. The van der Waals surface area contributed by atoms with Gasteiger partial charge in [-0.2, -0.15) is 0 Å². The van der Waals surface area contributed by atoms with Crippen molar-refractivity contribution in [2.24, 2.45) is 4.99 Å². The van der Waals surface area contributed by atoms with Crippen LogP contribution in [0.25, 0.3) is 0 Å². The minimum Gasteiger partial charge on any atom is -0.448 e. The Morgan fingerprint density at radius 1 is 1.50 bits per heavy atom. The summed E-state index contributed by atoms with van der Waals surface area (Å²) in [7, 11) is 0. The van der Waals surface area contributed by atoms with Crippen LogP contribution in [0.3, 0.4) is 0 Å². The molecule has 2 heterocycles. The first kappa shape index (κ1) is 8.68. The Morgan fingerprint density at radius 2 is 2.43 bits per heavy atom. The van der Waals surface area contributed by atoms with Crippen LogP contribution in [0.2, 0.25) is 0 Å². The number of ether oxygens (including phenoxy) is 2. The zero-order chi connectivity index (χ0) is 9.80. The Hall–Kier alpha value is -1.91. The molecule has 0 radical (unpaired) electrons. The molecule has 14 heavy (non-hydrogen) atoms. The number of carbonyl (C=O) groups is 1. The van der Waals surface area contributed by atoms with Crippen molar-refractivity contribution in [2.45, 2.75) is 0 Å². The Bertz CT molecular complexity index is 362. The first-order valence-corrected chi connectivity index (χ1v) is 4.17. The van der Waals surface area contributed by atoms with Gasteiger partial charge in [0.2, 0.25) is 0 Å². The van der Waals surface area contributed by atoms with Crippen LogP contribution in [0.15, 0.2) is 29.4 Å². The van der Waals surface area contributed by atoms with Crippen LogP contribution < -0.4 is 0 Å². The van der Waals surface area contributed by atoms with Gasteiger partial charge < -0.3 is 9.47 Å². The molecule has 5 nitrogen and oxygen atoms in total. The molecular formula is C9H8N2O3. The molecule has 0 unspecified atom stereocenters. The summed E-state index contributed by atoms with van der Waals surface area (Å²) in [5.74, 6) is -0.550. The van der Waals surface area contributed by atoms with E-state index in [0.29, 0.717) is 13.2 Å². The van der Waals surface area contributed by atoms with Gasteiger partial charge in [0.05, 0.1) is 6.54 Å². The lowest BCUT2D eigenvalue weighted by Crippen LogP contribution is -2.13. The fraction of sp³-hybridized carbons (Fsp3) is 0.222. The van der Waals surface area contributed by atoms with Crippen LogP contribution >= 0.6 is 0 Å². The van der Waals surface area contributed by atoms with Gasteiger partial charge >= 0.3 is 12.1 Å². The summed E-state index contributed by atoms with van der Waals surface area (Å²) >= 11 is 0. The van der Waals surface area contributed by atoms with Gasteiger partial charge in [0, 0.05) is 6.20 Å². The largest absolute Gasteiger partial charge is 0.448 e. The fourth-order valence-electron chi connectivity index (χ4n) is 0.992. The van der Waals surface area contributed by atoms with E-state index in [9.17, 15) is 4.79 Å². The maximum atomic E-state index is 11.4. The molecule has 0 saturated carbocycles. The smallest absolute Gasteiger partial charge is 0.391 e. The molecule has 1 aliphatic heterocycles. The predicted molar refractivity (Wildman–Crippen MR) is 47.9 cm³/mol. The number of hydrogen-bond acceptors (Lipinski definition) is 5. The number of aromatic nitrogens is 1. The molecule has 0 saturated heterocycles. The van der Waals surface area contributed by atoms with E-state index in [0.717, 1.165) is 0 Å². The second kappa shape index (κ2) is 3.87. The molecule has 0 aliphatic carbocycles. The monoisotopic (exact) mass is 192 g/mol. The molecule has 0 amide bonds. The van der Waals surface area contributed by atoms with Gasteiger partial charge in [0.15, 0.2) is 0 Å². The number of nitrogens with zero attached hydrogens (tertiary/aromatic N) is 2. The van der Waals surface area contributed by atoms with Crippen LogP contribution in [0.4, 0.5) is 0 Å². The fourth-order valence-corrected chi connectivity index (χ4v) is 0.992. The minimum absolute atomic E-state index is 0.0284. The third-order valence-electron chi connectivity index (χ3n) is 1.61. The standard InChI is InChI=1S/C9H8N2O3/c12-8(7-3-1-2-4-10-7)14-9-11-5-6-13-9/h1-4H,5-6H2. The molecule has 0 fully saturated rings. The molecule has 1 aromatic rings. The zero-order valence-corrected chi connectivity index (χ0v) is 7.34. The van der Waals surface area contributed by atoms with Crippen molar-refractivity contribution < 1.29 is 14.3 Å². The zero-order valence-electron chi connectivity index (χ0n) is 7.34. The second-order valence-corrected chi connectivity index (χ2v) is 2.60.